The van der Waals surface area contributed by atoms with Crippen LogP contribution in [-0.2, 0) is 35.2 Å². The predicted molar refractivity (Wildman–Crippen MR) is 124 cm³/mol. The molecule has 1 aromatic heterocycles. The lowest BCUT2D eigenvalue weighted by Gasteiger charge is -2.29. The number of hydrogen-bond donors (Lipinski definition) is 0. The summed E-state index contributed by atoms with van der Waals surface area (Å²) in [5, 5.41) is 4.49. The van der Waals surface area contributed by atoms with Crippen LogP contribution in [-0.4, -0.2) is 45.1 Å². The Balaban J connectivity index is 1.57. The van der Waals surface area contributed by atoms with Crippen LogP contribution in [0, 0.1) is 5.92 Å². The van der Waals surface area contributed by atoms with Gasteiger partial charge in [-0.3, -0.25) is 14.3 Å². The number of amides is 1. The molecule has 1 saturated carbocycles. The van der Waals surface area contributed by atoms with Crippen LogP contribution < -0.4 is 0 Å². The van der Waals surface area contributed by atoms with E-state index in [0.29, 0.717) is 18.7 Å². The summed E-state index contributed by atoms with van der Waals surface area (Å²) in [6, 6.07) is 4.66. The Morgan fingerprint density at radius 1 is 1.20 bits per heavy atom. The van der Waals surface area contributed by atoms with Crippen molar-refractivity contribution >= 4 is 11.7 Å². The molecule has 35 heavy (non-hydrogen) atoms. The molecule has 1 aliphatic heterocycles. The van der Waals surface area contributed by atoms with Crippen LogP contribution in [0.4, 0.5) is 13.2 Å². The van der Waals surface area contributed by atoms with Crippen molar-refractivity contribution in [3.05, 3.63) is 52.8 Å². The maximum Gasteiger partial charge on any atom is 0.416 e. The molecule has 0 bridgehead atoms. The third kappa shape index (κ3) is 5.60. The molecule has 1 amide bonds. The maximum atomic E-state index is 13.6. The Morgan fingerprint density at radius 3 is 2.57 bits per heavy atom. The number of ether oxygens (including phenoxy) is 1. The van der Waals surface area contributed by atoms with E-state index in [1.807, 2.05) is 13.8 Å². The number of halogens is 3. The minimum Gasteiger partial charge on any atom is -0.377 e. The molecule has 2 heterocycles. The van der Waals surface area contributed by atoms with Crippen LogP contribution in [0.5, 0.6) is 0 Å². The number of fused-ring (bicyclic) bond motifs is 1. The maximum absolute atomic E-state index is 13.6. The van der Waals surface area contributed by atoms with Crippen molar-refractivity contribution in [2.75, 3.05) is 7.11 Å². The summed E-state index contributed by atoms with van der Waals surface area (Å²) >= 11 is 0. The van der Waals surface area contributed by atoms with Gasteiger partial charge in [0.15, 0.2) is 5.78 Å². The predicted octanol–water partition coefficient (Wildman–Crippen LogP) is 5.04. The number of benzene rings is 1. The lowest BCUT2D eigenvalue weighted by Crippen LogP contribution is -2.43. The van der Waals surface area contributed by atoms with Crippen LogP contribution >= 0.6 is 0 Å². The number of carbonyl (C=O) groups is 2. The normalized spacial score (nSPS) is 17.8. The molecule has 1 aliphatic carbocycles. The number of ketones is 1. The minimum absolute atomic E-state index is 0.0179. The van der Waals surface area contributed by atoms with Crippen molar-refractivity contribution < 1.29 is 27.5 Å². The molecular weight excluding hydrogens is 459 g/mol. The van der Waals surface area contributed by atoms with Gasteiger partial charge in [0.2, 0.25) is 0 Å². The highest BCUT2D eigenvalue weighted by atomic mass is 19.4. The fourth-order valence-electron chi connectivity index (χ4n) is 5.20. The van der Waals surface area contributed by atoms with E-state index in [2.05, 4.69) is 5.10 Å². The second-order valence-electron chi connectivity index (χ2n) is 10.3. The van der Waals surface area contributed by atoms with Crippen LogP contribution in [0.25, 0.3) is 0 Å². The van der Waals surface area contributed by atoms with Crippen molar-refractivity contribution in [2.24, 2.45) is 5.92 Å². The van der Waals surface area contributed by atoms with Crippen molar-refractivity contribution in [1.82, 2.24) is 14.7 Å². The summed E-state index contributed by atoms with van der Waals surface area (Å²) in [7, 11) is 1.62. The van der Waals surface area contributed by atoms with Gasteiger partial charge in [0.25, 0.3) is 5.91 Å². The van der Waals surface area contributed by atoms with E-state index in [1.165, 1.54) is 17.0 Å². The van der Waals surface area contributed by atoms with E-state index >= 15 is 0 Å². The van der Waals surface area contributed by atoms with E-state index < -0.39 is 29.3 Å². The van der Waals surface area contributed by atoms with Crippen LogP contribution in [0.2, 0.25) is 0 Å². The quantitative estimate of drug-likeness (QED) is 0.493. The minimum atomic E-state index is -4.56. The first-order valence-corrected chi connectivity index (χ1v) is 12.1. The zero-order valence-electron chi connectivity index (χ0n) is 20.4. The van der Waals surface area contributed by atoms with Gasteiger partial charge >= 0.3 is 6.18 Å². The van der Waals surface area contributed by atoms with Crippen molar-refractivity contribution in [1.29, 1.82) is 0 Å². The third-order valence-corrected chi connectivity index (χ3v) is 7.23. The molecule has 0 N–H and O–H groups in total. The highest BCUT2D eigenvalue weighted by molar-refractivity contribution is 6.02. The molecule has 0 unspecified atom stereocenters. The Kier molecular flexibility index (Phi) is 7.09. The van der Waals surface area contributed by atoms with Gasteiger partial charge < -0.3 is 9.64 Å². The van der Waals surface area contributed by atoms with E-state index in [0.717, 1.165) is 31.7 Å². The number of alkyl halides is 3. The number of nitrogens with zero attached hydrogens (tertiary/aromatic N) is 3. The van der Waals surface area contributed by atoms with Crippen molar-refractivity contribution in [3.63, 3.8) is 0 Å². The van der Waals surface area contributed by atoms with Crippen LogP contribution in [0.1, 0.15) is 73.1 Å². The monoisotopic (exact) mass is 491 g/mol. The molecule has 1 aromatic carbocycles. The topological polar surface area (TPSA) is 64.4 Å². The van der Waals surface area contributed by atoms with Gasteiger partial charge in [0.1, 0.15) is 0 Å². The zero-order chi connectivity index (χ0) is 25.4. The van der Waals surface area contributed by atoms with Crippen LogP contribution in [0.3, 0.4) is 0 Å². The summed E-state index contributed by atoms with van der Waals surface area (Å²) < 4.78 is 48.0. The van der Waals surface area contributed by atoms with Crippen LogP contribution in [0.15, 0.2) is 30.5 Å². The van der Waals surface area contributed by atoms with Gasteiger partial charge in [0.05, 0.1) is 35.9 Å². The SMILES string of the molecule is COC(C)(C)Cn1ccc(CC(=O)[C@H](CC2CCCC2)N2Cc3c(cccc3C(F)(F)F)C2=O)n1. The molecule has 4 rings (SSSR count). The molecule has 2 aromatic rings. The molecule has 9 heteroatoms. The first-order chi connectivity index (χ1) is 16.5. The second kappa shape index (κ2) is 9.76. The fraction of sp³-hybridized carbons (Fsp3) is 0.577. The molecule has 0 spiro atoms. The van der Waals surface area contributed by atoms with Gasteiger partial charge in [-0.2, -0.15) is 18.3 Å². The Morgan fingerprint density at radius 2 is 1.91 bits per heavy atom. The molecule has 190 valence electrons. The Bertz CT molecular complexity index is 1090. The van der Waals surface area contributed by atoms with Crippen molar-refractivity contribution in [2.45, 2.75) is 83.3 Å². The van der Waals surface area contributed by atoms with Crippen molar-refractivity contribution in [3.8, 4) is 0 Å². The van der Waals surface area contributed by atoms with Gasteiger partial charge in [-0.25, -0.2) is 0 Å². The number of carbonyl (C=O) groups excluding carboxylic acids is 2. The molecule has 2 aliphatic rings. The number of methoxy groups -OCH3 is 1. The molecule has 0 radical (unpaired) electrons. The molecule has 6 nitrogen and oxygen atoms in total. The Hall–Kier alpha value is -2.68. The van der Waals surface area contributed by atoms with E-state index in [9.17, 15) is 22.8 Å². The third-order valence-electron chi connectivity index (χ3n) is 7.23. The largest absolute Gasteiger partial charge is 0.416 e. The highest BCUT2D eigenvalue weighted by Crippen LogP contribution is 2.39. The van der Waals surface area contributed by atoms with Gasteiger partial charge in [-0.15, -0.1) is 0 Å². The summed E-state index contributed by atoms with van der Waals surface area (Å²) in [6.07, 6.45) is 1.77. The molecule has 1 atom stereocenters. The highest BCUT2D eigenvalue weighted by Gasteiger charge is 2.43. The molecule has 0 saturated heterocycles. The summed E-state index contributed by atoms with van der Waals surface area (Å²) in [5.74, 6) is -0.416. The summed E-state index contributed by atoms with van der Waals surface area (Å²) in [5.41, 5.74) is -0.672. The Labute approximate surface area is 203 Å². The first-order valence-electron chi connectivity index (χ1n) is 12.1. The first kappa shape index (κ1) is 25.4. The average Bonchev–Trinajstić information content (AvgIpc) is 3.52. The zero-order valence-corrected chi connectivity index (χ0v) is 20.4. The average molecular weight is 492 g/mol. The van der Waals surface area contributed by atoms with Gasteiger partial charge in [-0.05, 0) is 49.9 Å². The standard InChI is InChI=1S/C26H32F3N3O3/c1-25(2,35-3)16-31-12-11-18(30-31)14-23(33)22(13-17-7-4-5-8-17)32-15-20-19(24(32)34)9-6-10-21(20)26(27,28)29/h6,9-12,17,22H,4-5,7-8,13-16H2,1-3H3/t22-/m0/s1. The number of Topliss-reactive ketones (excluding diaryl/α,β-unsaturated/α-hetero) is 1. The number of aromatic nitrogens is 2. The van der Waals surface area contributed by atoms with E-state index in [1.54, 1.807) is 24.1 Å². The summed E-state index contributed by atoms with van der Waals surface area (Å²) in [6.45, 7) is 4.17. The lowest BCUT2D eigenvalue weighted by atomic mass is 9.93. The lowest BCUT2D eigenvalue weighted by molar-refractivity contribution is -0.138. The number of rotatable bonds is 9. The van der Waals surface area contributed by atoms with E-state index in [4.69, 9.17) is 4.74 Å². The van der Waals surface area contributed by atoms with E-state index in [-0.39, 0.29) is 35.8 Å². The fourth-order valence-corrected chi connectivity index (χ4v) is 5.20. The molecule has 1 fully saturated rings. The summed E-state index contributed by atoms with van der Waals surface area (Å²) in [4.78, 5) is 28.1. The van der Waals surface area contributed by atoms with Gasteiger partial charge in [0, 0.05) is 25.4 Å². The second-order valence-corrected chi connectivity index (χ2v) is 10.3. The number of hydrogen-bond acceptors (Lipinski definition) is 4. The smallest absolute Gasteiger partial charge is 0.377 e. The van der Waals surface area contributed by atoms with Gasteiger partial charge in [-0.1, -0.05) is 31.7 Å². The molecular formula is C26H32F3N3O3.